The molecule has 0 aliphatic carbocycles. The second kappa shape index (κ2) is 7.99. The minimum Gasteiger partial charge on any atom is -0.255 e. The van der Waals surface area contributed by atoms with Gasteiger partial charge in [0.25, 0.3) is 5.65 Å². The second-order valence-corrected chi connectivity index (χ2v) is 10.0. The Hall–Kier alpha value is -2.75. The highest BCUT2D eigenvalue weighted by Gasteiger charge is 2.43. The highest BCUT2D eigenvalue weighted by Crippen LogP contribution is 2.40. The molecule has 0 spiro atoms. The summed E-state index contributed by atoms with van der Waals surface area (Å²) in [5, 5.41) is 2.29. The third kappa shape index (κ3) is 3.23. The van der Waals surface area contributed by atoms with Crippen LogP contribution >= 0.6 is 0 Å². The first-order valence-corrected chi connectivity index (χ1v) is 12.0. The summed E-state index contributed by atoms with van der Waals surface area (Å²) >= 11 is 0. The van der Waals surface area contributed by atoms with Crippen LogP contribution in [0.2, 0.25) is 0 Å². The molecule has 0 saturated carbocycles. The molecule has 1 aliphatic rings. The number of nitrogens with zero attached hydrogens (tertiary/aromatic N) is 3. The van der Waals surface area contributed by atoms with Gasteiger partial charge in [-0.05, 0) is 43.4 Å². The number of hydrogen-bond donors (Lipinski definition) is 0. The van der Waals surface area contributed by atoms with Gasteiger partial charge in [0.15, 0.2) is 0 Å². The lowest BCUT2D eigenvalue weighted by molar-refractivity contribution is -0.530. The van der Waals surface area contributed by atoms with Gasteiger partial charge in [-0.1, -0.05) is 59.8 Å². The minimum atomic E-state index is -0.227. The van der Waals surface area contributed by atoms with Crippen LogP contribution < -0.4 is 9.96 Å². The average molecular weight is 431 g/mol. The van der Waals surface area contributed by atoms with E-state index in [1.807, 2.05) is 6.07 Å². The molecule has 0 bridgehead atoms. The van der Waals surface area contributed by atoms with Gasteiger partial charge < -0.3 is 0 Å². The van der Waals surface area contributed by atoms with E-state index in [4.69, 9.17) is 4.98 Å². The zero-order valence-electron chi connectivity index (χ0n) is 20.6. The first-order chi connectivity index (χ1) is 15.2. The van der Waals surface area contributed by atoms with Gasteiger partial charge in [0.1, 0.15) is 11.2 Å². The molecule has 0 unspecified atom stereocenters. The Kier molecular flexibility index (Phi) is 5.60. The Labute approximate surface area is 191 Å². The van der Waals surface area contributed by atoms with E-state index in [1.54, 1.807) is 0 Å². The SMILES string of the molecule is CC=C(C=CCC)c1ncc2c3c1cc[n+]1c(C(C)(C)C)cc(=O)n(c31)C(CC)(CC)C2. The monoisotopic (exact) mass is 430 g/mol. The summed E-state index contributed by atoms with van der Waals surface area (Å²) in [7, 11) is 0. The second-order valence-electron chi connectivity index (χ2n) is 10.0. The fourth-order valence-electron chi connectivity index (χ4n) is 5.31. The Morgan fingerprint density at radius 3 is 2.56 bits per heavy atom. The Morgan fingerprint density at radius 2 is 1.97 bits per heavy atom. The molecule has 3 aromatic rings. The van der Waals surface area contributed by atoms with Crippen LogP contribution in [0.15, 0.2) is 47.5 Å². The van der Waals surface area contributed by atoms with Gasteiger partial charge in [0.2, 0.25) is 0 Å². The molecule has 4 nitrogen and oxygen atoms in total. The highest BCUT2D eigenvalue weighted by molar-refractivity contribution is 6.02. The van der Waals surface area contributed by atoms with Crippen molar-refractivity contribution in [2.45, 2.75) is 85.1 Å². The molecule has 0 fully saturated rings. The summed E-state index contributed by atoms with van der Waals surface area (Å²) in [5.41, 5.74) is 5.13. The Morgan fingerprint density at radius 1 is 1.25 bits per heavy atom. The summed E-state index contributed by atoms with van der Waals surface area (Å²) in [5.74, 6) is 0. The van der Waals surface area contributed by atoms with Crippen LogP contribution in [0.4, 0.5) is 0 Å². The molecule has 1 aliphatic heterocycles. The summed E-state index contributed by atoms with van der Waals surface area (Å²) in [6.07, 6.45) is 14.3. The zero-order valence-corrected chi connectivity index (χ0v) is 20.6. The van der Waals surface area contributed by atoms with E-state index in [1.165, 1.54) is 10.9 Å². The molecule has 4 rings (SSSR count). The van der Waals surface area contributed by atoms with Gasteiger partial charge in [0, 0.05) is 23.4 Å². The minimum absolute atomic E-state index is 0.104. The fraction of sp³-hybridized carbons (Fsp3) is 0.464. The van der Waals surface area contributed by atoms with E-state index in [0.717, 1.165) is 53.7 Å². The molecule has 32 heavy (non-hydrogen) atoms. The van der Waals surface area contributed by atoms with Crippen molar-refractivity contribution in [1.82, 2.24) is 9.55 Å². The molecular weight excluding hydrogens is 394 g/mol. The lowest BCUT2D eigenvalue weighted by atomic mass is 9.81. The number of allylic oxidation sites excluding steroid dienone is 4. The lowest BCUT2D eigenvalue weighted by Gasteiger charge is -2.34. The van der Waals surface area contributed by atoms with Gasteiger partial charge in [-0.15, -0.1) is 0 Å². The van der Waals surface area contributed by atoms with Crippen LogP contribution in [-0.2, 0) is 17.4 Å². The van der Waals surface area contributed by atoms with Gasteiger partial charge in [0.05, 0.1) is 23.3 Å². The molecule has 4 heteroatoms. The van der Waals surface area contributed by atoms with Crippen molar-refractivity contribution in [3.63, 3.8) is 0 Å². The van der Waals surface area contributed by atoms with Gasteiger partial charge in [-0.25, -0.2) is 9.20 Å². The Bertz CT molecular complexity index is 1310. The van der Waals surface area contributed by atoms with Gasteiger partial charge in [-0.2, -0.15) is 4.57 Å². The van der Waals surface area contributed by atoms with Crippen molar-refractivity contribution in [1.29, 1.82) is 0 Å². The first-order valence-electron chi connectivity index (χ1n) is 12.0. The largest absolute Gasteiger partial charge is 0.338 e. The van der Waals surface area contributed by atoms with E-state index in [0.29, 0.717) is 0 Å². The quantitative estimate of drug-likeness (QED) is 0.288. The van der Waals surface area contributed by atoms with Crippen LogP contribution in [0, 0.1) is 0 Å². The van der Waals surface area contributed by atoms with E-state index in [-0.39, 0.29) is 16.5 Å². The number of pyridine rings is 2. The van der Waals surface area contributed by atoms with Gasteiger partial charge >= 0.3 is 5.56 Å². The normalized spacial score (nSPS) is 16.0. The van der Waals surface area contributed by atoms with Crippen molar-refractivity contribution < 1.29 is 4.40 Å². The van der Waals surface area contributed by atoms with Gasteiger partial charge in [-0.3, -0.25) is 4.98 Å². The maximum Gasteiger partial charge on any atom is 0.338 e. The van der Waals surface area contributed by atoms with E-state index < -0.39 is 0 Å². The fourth-order valence-corrected chi connectivity index (χ4v) is 5.31. The highest BCUT2D eigenvalue weighted by atomic mass is 16.1. The summed E-state index contributed by atoms with van der Waals surface area (Å²) in [6.45, 7) is 15.1. The maximum atomic E-state index is 13.7. The molecule has 0 aromatic carbocycles. The summed E-state index contributed by atoms with van der Waals surface area (Å²) < 4.78 is 4.35. The topological polar surface area (TPSA) is 39.0 Å². The Balaban J connectivity index is 2.24. The van der Waals surface area contributed by atoms with Crippen LogP contribution in [0.25, 0.3) is 22.0 Å². The zero-order chi connectivity index (χ0) is 23.3. The standard InChI is InChI=1S/C28H36N3O/c1-8-12-13-19(9-2)25-21-14-15-30-22(27(5,6)7)16-23(32)31-26(30)24(21)20(18-29-25)17-28(31,10-3)11-4/h9,12-16,18H,8,10-11,17H2,1-7H3/q+1. The van der Waals surface area contributed by atoms with Crippen molar-refractivity contribution in [2.75, 3.05) is 0 Å². The van der Waals surface area contributed by atoms with E-state index in [9.17, 15) is 4.79 Å². The van der Waals surface area contributed by atoms with Crippen molar-refractivity contribution in [3.05, 3.63) is 70.1 Å². The molecule has 3 aromatic heterocycles. The molecule has 0 saturated heterocycles. The number of aromatic nitrogens is 3. The van der Waals surface area contributed by atoms with Crippen LogP contribution in [-0.4, -0.2) is 9.55 Å². The van der Waals surface area contributed by atoms with Crippen molar-refractivity contribution in [3.8, 4) is 0 Å². The molecular formula is C28H36N3O+. The third-order valence-corrected chi connectivity index (χ3v) is 7.19. The molecule has 168 valence electrons. The predicted octanol–water partition coefficient (Wildman–Crippen LogP) is 5.87. The molecule has 4 heterocycles. The average Bonchev–Trinajstić information content (AvgIpc) is 2.78. The van der Waals surface area contributed by atoms with E-state index in [2.05, 4.69) is 94.1 Å². The first kappa shape index (κ1) is 22.4. The summed E-state index contributed by atoms with van der Waals surface area (Å²) in [4.78, 5) is 18.6. The molecule has 0 radical (unpaired) electrons. The van der Waals surface area contributed by atoms with Crippen LogP contribution in [0.5, 0.6) is 0 Å². The summed E-state index contributed by atoms with van der Waals surface area (Å²) in [6, 6.07) is 4.04. The maximum absolute atomic E-state index is 13.7. The molecule has 0 atom stereocenters. The smallest absolute Gasteiger partial charge is 0.255 e. The number of rotatable bonds is 5. The van der Waals surface area contributed by atoms with Crippen LogP contribution in [0.3, 0.4) is 0 Å². The molecule has 0 N–H and O–H groups in total. The third-order valence-electron chi connectivity index (χ3n) is 7.19. The lowest BCUT2D eigenvalue weighted by Crippen LogP contribution is -2.51. The van der Waals surface area contributed by atoms with Crippen LogP contribution in [0.1, 0.15) is 84.7 Å². The number of hydrogen-bond acceptors (Lipinski definition) is 2. The van der Waals surface area contributed by atoms with Crippen molar-refractivity contribution in [2.24, 2.45) is 0 Å². The van der Waals surface area contributed by atoms with Crippen molar-refractivity contribution >= 4 is 22.0 Å². The molecule has 0 amide bonds. The predicted molar refractivity (Wildman–Crippen MR) is 133 cm³/mol. The van der Waals surface area contributed by atoms with E-state index >= 15 is 0 Å².